The maximum absolute atomic E-state index is 11.5. The molecule has 0 fully saturated rings. The summed E-state index contributed by atoms with van der Waals surface area (Å²) in [6.07, 6.45) is -1.56. The number of carbonyl (C=O) groups is 2. The van der Waals surface area contributed by atoms with Crippen LogP contribution < -0.4 is 4.90 Å². The topological polar surface area (TPSA) is 166 Å². The van der Waals surface area contributed by atoms with Gasteiger partial charge in [-0.15, -0.1) is 5.11 Å². The first kappa shape index (κ1) is 28.5. The Morgan fingerprint density at radius 1 is 0.946 bits per heavy atom. The molecule has 37 heavy (non-hydrogen) atoms. The molecule has 0 unspecified atom stereocenters. The predicted octanol–water partition coefficient (Wildman–Crippen LogP) is 5.34. The lowest BCUT2D eigenvalue weighted by Gasteiger charge is -2.25. The summed E-state index contributed by atoms with van der Waals surface area (Å²) in [5.74, 6) is 0. The Kier molecular flexibility index (Phi) is 11.3. The zero-order valence-electron chi connectivity index (χ0n) is 20.7. The van der Waals surface area contributed by atoms with E-state index < -0.39 is 17.2 Å². The van der Waals surface area contributed by atoms with E-state index in [1.54, 1.807) is 32.9 Å². The molecule has 2 aromatic carbocycles. The van der Waals surface area contributed by atoms with Gasteiger partial charge in [-0.3, -0.25) is 10.1 Å². The largest absolute Gasteiger partial charge is 0.508 e. The van der Waals surface area contributed by atoms with Crippen LogP contribution in [0.25, 0.3) is 0 Å². The fraction of sp³-hybridized carbons (Fsp3) is 0.375. The highest BCUT2D eigenvalue weighted by Gasteiger charge is 2.13. The van der Waals surface area contributed by atoms with Gasteiger partial charge in [0.05, 0.1) is 42.5 Å². The van der Waals surface area contributed by atoms with Crippen LogP contribution in [0.15, 0.2) is 46.6 Å². The van der Waals surface area contributed by atoms with Crippen molar-refractivity contribution in [3.05, 3.63) is 57.6 Å². The second-order valence-electron chi connectivity index (χ2n) is 7.29. The van der Waals surface area contributed by atoms with Gasteiger partial charge in [-0.1, -0.05) is 0 Å². The predicted molar refractivity (Wildman–Crippen MR) is 131 cm³/mol. The molecule has 0 aliphatic rings. The van der Waals surface area contributed by atoms with Crippen molar-refractivity contribution in [2.75, 3.05) is 44.4 Å². The van der Waals surface area contributed by atoms with Crippen LogP contribution in [0.4, 0.5) is 32.3 Å². The van der Waals surface area contributed by atoms with Crippen molar-refractivity contribution >= 4 is 35.1 Å². The third kappa shape index (κ3) is 9.10. The van der Waals surface area contributed by atoms with E-state index in [1.165, 1.54) is 12.1 Å². The minimum absolute atomic E-state index is 0.0293. The summed E-state index contributed by atoms with van der Waals surface area (Å²) in [5, 5.41) is 28.5. The molecule has 0 aliphatic carbocycles. The van der Waals surface area contributed by atoms with Crippen molar-refractivity contribution in [2.45, 2.75) is 20.8 Å². The molecule has 196 valence electrons. The van der Waals surface area contributed by atoms with Crippen molar-refractivity contribution in [3.8, 4) is 6.07 Å². The van der Waals surface area contributed by atoms with Crippen LogP contribution in [0, 0.1) is 28.4 Å². The molecule has 2 aromatic rings. The summed E-state index contributed by atoms with van der Waals surface area (Å²) in [4.78, 5) is 35.2. The molecular formula is C24H27N5O8. The Hall–Kier alpha value is -4.73. The lowest BCUT2D eigenvalue weighted by Crippen LogP contribution is -2.32. The van der Waals surface area contributed by atoms with Crippen molar-refractivity contribution in [3.63, 3.8) is 0 Å². The number of nitro benzene ring substituents is 1. The van der Waals surface area contributed by atoms with E-state index in [4.69, 9.17) is 18.9 Å². The zero-order chi connectivity index (χ0) is 27.2. The van der Waals surface area contributed by atoms with Gasteiger partial charge in [0.15, 0.2) is 0 Å². The van der Waals surface area contributed by atoms with Crippen molar-refractivity contribution in [2.24, 2.45) is 10.2 Å². The van der Waals surface area contributed by atoms with Crippen molar-refractivity contribution < 1.29 is 33.5 Å². The maximum Gasteiger partial charge on any atom is 0.508 e. The lowest BCUT2D eigenvalue weighted by atomic mass is 10.1. The Morgan fingerprint density at radius 3 is 2.03 bits per heavy atom. The van der Waals surface area contributed by atoms with Gasteiger partial charge in [-0.25, -0.2) is 9.59 Å². The van der Waals surface area contributed by atoms with Gasteiger partial charge in [-0.2, -0.15) is 10.4 Å². The van der Waals surface area contributed by atoms with Crippen molar-refractivity contribution in [1.82, 2.24) is 0 Å². The molecule has 0 atom stereocenters. The molecule has 0 N–H and O–H groups in total. The van der Waals surface area contributed by atoms with E-state index in [0.717, 1.165) is 17.3 Å². The summed E-state index contributed by atoms with van der Waals surface area (Å²) in [6, 6.07) is 10.9. The first-order chi connectivity index (χ1) is 17.8. The normalized spacial score (nSPS) is 10.4. The van der Waals surface area contributed by atoms with Gasteiger partial charge in [0.2, 0.25) is 0 Å². The number of azo groups is 1. The Bertz CT molecular complexity index is 1150. The fourth-order valence-corrected chi connectivity index (χ4v) is 3.04. The van der Waals surface area contributed by atoms with Crippen LogP contribution in [0.1, 0.15) is 25.0 Å². The molecule has 0 aromatic heterocycles. The number of carbonyl (C=O) groups excluding carboxylic acids is 2. The number of ether oxygens (including phenoxy) is 4. The molecule has 0 radical (unpaired) electrons. The first-order valence-corrected chi connectivity index (χ1v) is 11.3. The maximum atomic E-state index is 11.5. The molecule has 0 bridgehead atoms. The molecule has 0 amide bonds. The van der Waals surface area contributed by atoms with Crippen LogP contribution in [0.3, 0.4) is 0 Å². The molecular weight excluding hydrogens is 486 g/mol. The first-order valence-electron chi connectivity index (χ1n) is 11.3. The van der Waals surface area contributed by atoms with E-state index in [2.05, 4.69) is 10.2 Å². The number of hydrogen-bond donors (Lipinski definition) is 0. The standard InChI is InChI=1S/C24H27N5O8/c1-4-34-23(30)36-12-10-28(11-13-37-24(31)35-5-2)19-6-8-21(17(3)14-19)26-27-22-9-7-20(29(32)33)15-18(22)16-25/h6-9,14-15H,4-5,10-13H2,1-3H3. The third-order valence-corrected chi connectivity index (χ3v) is 4.81. The van der Waals surface area contributed by atoms with E-state index in [9.17, 15) is 25.0 Å². The summed E-state index contributed by atoms with van der Waals surface area (Å²) in [7, 11) is 0. The van der Waals surface area contributed by atoms with Gasteiger partial charge >= 0.3 is 12.3 Å². The number of anilines is 1. The minimum Gasteiger partial charge on any atom is -0.435 e. The molecule has 13 heteroatoms. The zero-order valence-corrected chi connectivity index (χ0v) is 20.7. The highest BCUT2D eigenvalue weighted by molar-refractivity contribution is 5.62. The summed E-state index contributed by atoms with van der Waals surface area (Å²) < 4.78 is 19.6. The number of nitrogens with zero attached hydrogens (tertiary/aromatic N) is 5. The molecule has 2 rings (SSSR count). The van der Waals surface area contributed by atoms with E-state index in [-0.39, 0.29) is 43.4 Å². The average molecular weight is 514 g/mol. The monoisotopic (exact) mass is 513 g/mol. The number of nitriles is 1. The van der Waals surface area contributed by atoms with Crippen LogP contribution in [0.2, 0.25) is 0 Å². The second kappa shape index (κ2) is 14.6. The molecule has 0 spiro atoms. The summed E-state index contributed by atoms with van der Waals surface area (Å²) in [6.45, 7) is 6.20. The fourth-order valence-electron chi connectivity index (χ4n) is 3.04. The SMILES string of the molecule is CCOC(=O)OCCN(CCOC(=O)OCC)c1ccc(N=Nc2ccc([N+](=O)[O-])cc2C#N)c(C)c1. The highest BCUT2D eigenvalue weighted by atomic mass is 16.7. The summed E-state index contributed by atoms with van der Waals surface area (Å²) >= 11 is 0. The Morgan fingerprint density at radius 2 is 1.51 bits per heavy atom. The van der Waals surface area contributed by atoms with Crippen LogP contribution >= 0.6 is 0 Å². The lowest BCUT2D eigenvalue weighted by molar-refractivity contribution is -0.384. The average Bonchev–Trinajstić information content (AvgIpc) is 2.87. The molecule has 0 saturated heterocycles. The Labute approximate surface area is 213 Å². The number of rotatable bonds is 12. The van der Waals surface area contributed by atoms with Gasteiger partial charge in [0.25, 0.3) is 5.69 Å². The summed E-state index contributed by atoms with van der Waals surface area (Å²) in [5.41, 5.74) is 2.01. The second-order valence-corrected chi connectivity index (χ2v) is 7.29. The number of hydrogen-bond acceptors (Lipinski definition) is 12. The van der Waals surface area contributed by atoms with Gasteiger partial charge in [0, 0.05) is 17.8 Å². The molecule has 0 heterocycles. The number of non-ortho nitro benzene ring substituents is 1. The highest BCUT2D eigenvalue weighted by Crippen LogP contribution is 2.29. The van der Waals surface area contributed by atoms with Crippen LogP contribution in [-0.4, -0.2) is 56.8 Å². The van der Waals surface area contributed by atoms with Crippen LogP contribution in [-0.2, 0) is 18.9 Å². The third-order valence-electron chi connectivity index (χ3n) is 4.81. The quantitative estimate of drug-likeness (QED) is 0.156. The van der Waals surface area contributed by atoms with E-state index >= 15 is 0 Å². The van der Waals surface area contributed by atoms with E-state index in [0.29, 0.717) is 18.8 Å². The molecule has 13 nitrogen and oxygen atoms in total. The van der Waals surface area contributed by atoms with Crippen LogP contribution in [0.5, 0.6) is 0 Å². The number of nitro groups is 1. The van der Waals surface area contributed by atoms with Gasteiger partial charge in [0.1, 0.15) is 25.0 Å². The smallest absolute Gasteiger partial charge is 0.435 e. The van der Waals surface area contributed by atoms with E-state index in [1.807, 2.05) is 17.0 Å². The van der Waals surface area contributed by atoms with Gasteiger partial charge < -0.3 is 23.8 Å². The Balaban J connectivity index is 2.17. The minimum atomic E-state index is -0.778. The van der Waals surface area contributed by atoms with Crippen molar-refractivity contribution in [1.29, 1.82) is 5.26 Å². The number of benzene rings is 2. The number of aryl methyl sites for hydroxylation is 1. The molecule has 0 saturated carbocycles. The molecule has 0 aliphatic heterocycles. The van der Waals surface area contributed by atoms with Gasteiger partial charge in [-0.05, 0) is 50.6 Å².